The van der Waals surface area contributed by atoms with E-state index < -0.39 is 0 Å². The Kier molecular flexibility index (Phi) is 3.50. The highest BCUT2D eigenvalue weighted by Gasteiger charge is 2.14. The van der Waals surface area contributed by atoms with Crippen LogP contribution in [0.5, 0.6) is 5.75 Å². The molecule has 1 heterocycles. The van der Waals surface area contributed by atoms with Gasteiger partial charge in [0.25, 0.3) is 5.89 Å². The highest BCUT2D eigenvalue weighted by Crippen LogP contribution is 2.30. The van der Waals surface area contributed by atoms with Crippen molar-refractivity contribution in [2.45, 2.75) is 0 Å². The number of rotatable bonds is 3. The molecule has 0 fully saturated rings. The summed E-state index contributed by atoms with van der Waals surface area (Å²) in [6.45, 7) is 0. The van der Waals surface area contributed by atoms with Crippen LogP contribution < -0.4 is 10.5 Å². The fraction of sp³-hybridized carbons (Fsp3) is 0.0667. The molecule has 0 bridgehead atoms. The lowest BCUT2D eigenvalue weighted by atomic mass is 10.2. The van der Waals surface area contributed by atoms with Crippen molar-refractivity contribution < 1.29 is 9.26 Å². The van der Waals surface area contributed by atoms with Crippen LogP contribution in [0.15, 0.2) is 47.0 Å². The lowest BCUT2D eigenvalue weighted by molar-refractivity contribution is 0.414. The van der Waals surface area contributed by atoms with Crippen molar-refractivity contribution >= 4 is 17.3 Å². The number of nitrogens with zero attached hydrogens (tertiary/aromatic N) is 2. The predicted molar refractivity (Wildman–Crippen MR) is 81.1 cm³/mol. The maximum absolute atomic E-state index is 6.13. The minimum Gasteiger partial charge on any atom is -0.497 e. The highest BCUT2D eigenvalue weighted by molar-refractivity contribution is 6.33. The van der Waals surface area contributed by atoms with Crippen LogP contribution in [-0.4, -0.2) is 17.3 Å². The SMILES string of the molecule is COc1cccc(-c2noc(-c3cc(N)ccc3Cl)n2)c1. The molecule has 0 saturated carbocycles. The first kappa shape index (κ1) is 13.5. The molecular weight excluding hydrogens is 290 g/mol. The number of hydrogen-bond donors (Lipinski definition) is 1. The van der Waals surface area contributed by atoms with Crippen LogP contribution >= 0.6 is 11.6 Å². The van der Waals surface area contributed by atoms with Gasteiger partial charge in [0.15, 0.2) is 0 Å². The first-order valence-electron chi connectivity index (χ1n) is 6.21. The Bertz CT molecular complexity index is 786. The van der Waals surface area contributed by atoms with Crippen LogP contribution in [0.1, 0.15) is 0 Å². The highest BCUT2D eigenvalue weighted by atomic mass is 35.5. The summed E-state index contributed by atoms with van der Waals surface area (Å²) in [7, 11) is 1.60. The second-order valence-corrected chi connectivity index (χ2v) is 4.80. The third kappa shape index (κ3) is 2.68. The lowest BCUT2D eigenvalue weighted by Crippen LogP contribution is -1.87. The molecule has 0 spiro atoms. The molecule has 3 rings (SSSR count). The van der Waals surface area contributed by atoms with Crippen LogP contribution in [0.25, 0.3) is 22.8 Å². The topological polar surface area (TPSA) is 74.2 Å². The molecule has 0 radical (unpaired) electrons. The number of methoxy groups -OCH3 is 1. The number of benzene rings is 2. The Labute approximate surface area is 126 Å². The number of hydrogen-bond acceptors (Lipinski definition) is 5. The monoisotopic (exact) mass is 301 g/mol. The van der Waals surface area contributed by atoms with Crippen LogP contribution in [0, 0.1) is 0 Å². The molecule has 0 atom stereocenters. The summed E-state index contributed by atoms with van der Waals surface area (Å²) in [6, 6.07) is 12.5. The van der Waals surface area contributed by atoms with Gasteiger partial charge < -0.3 is 15.0 Å². The molecule has 0 aliphatic heterocycles. The van der Waals surface area contributed by atoms with E-state index in [9.17, 15) is 0 Å². The number of nitrogen functional groups attached to an aromatic ring is 1. The normalized spacial score (nSPS) is 10.6. The first-order chi connectivity index (χ1) is 10.2. The van der Waals surface area contributed by atoms with E-state index in [1.165, 1.54) is 0 Å². The first-order valence-corrected chi connectivity index (χ1v) is 6.58. The van der Waals surface area contributed by atoms with Crippen molar-refractivity contribution in [1.82, 2.24) is 10.1 Å². The van der Waals surface area contributed by atoms with Crippen molar-refractivity contribution in [2.75, 3.05) is 12.8 Å². The second-order valence-electron chi connectivity index (χ2n) is 4.39. The zero-order valence-corrected chi connectivity index (χ0v) is 12.0. The molecule has 2 aromatic carbocycles. The molecule has 0 unspecified atom stereocenters. The van der Waals surface area contributed by atoms with Gasteiger partial charge in [0, 0.05) is 11.3 Å². The minimum absolute atomic E-state index is 0.324. The van der Waals surface area contributed by atoms with Gasteiger partial charge in [-0.2, -0.15) is 4.98 Å². The van der Waals surface area contributed by atoms with E-state index in [1.807, 2.05) is 24.3 Å². The Balaban J connectivity index is 2.01. The molecule has 6 heteroatoms. The zero-order valence-electron chi connectivity index (χ0n) is 11.2. The summed E-state index contributed by atoms with van der Waals surface area (Å²) in [5, 5.41) is 4.47. The number of aromatic nitrogens is 2. The van der Waals surface area contributed by atoms with E-state index in [2.05, 4.69) is 10.1 Å². The number of anilines is 1. The molecular formula is C15H12ClN3O2. The Morgan fingerprint density at radius 2 is 2.05 bits per heavy atom. The Morgan fingerprint density at radius 3 is 2.86 bits per heavy atom. The third-order valence-corrected chi connectivity index (χ3v) is 3.30. The Hall–Kier alpha value is -2.53. The lowest BCUT2D eigenvalue weighted by Gasteiger charge is -2.00. The quantitative estimate of drug-likeness (QED) is 0.747. The van der Waals surface area contributed by atoms with Crippen molar-refractivity contribution in [3.63, 3.8) is 0 Å². The predicted octanol–water partition coefficient (Wildman–Crippen LogP) is 3.65. The van der Waals surface area contributed by atoms with Gasteiger partial charge in [0.1, 0.15) is 5.75 Å². The van der Waals surface area contributed by atoms with E-state index >= 15 is 0 Å². The summed E-state index contributed by atoms with van der Waals surface area (Å²) in [4.78, 5) is 4.35. The minimum atomic E-state index is 0.324. The fourth-order valence-electron chi connectivity index (χ4n) is 1.92. The van der Waals surface area contributed by atoms with Crippen LogP contribution in [0.3, 0.4) is 0 Å². The van der Waals surface area contributed by atoms with Crippen molar-refractivity contribution in [3.05, 3.63) is 47.5 Å². The van der Waals surface area contributed by atoms with E-state index in [-0.39, 0.29) is 0 Å². The van der Waals surface area contributed by atoms with Crippen LogP contribution in [-0.2, 0) is 0 Å². The van der Waals surface area contributed by atoms with Gasteiger partial charge in [-0.3, -0.25) is 0 Å². The van der Waals surface area contributed by atoms with Gasteiger partial charge in [0.2, 0.25) is 5.82 Å². The van der Waals surface area contributed by atoms with Gasteiger partial charge in [-0.15, -0.1) is 0 Å². The van der Waals surface area contributed by atoms with Crippen molar-refractivity contribution in [3.8, 4) is 28.6 Å². The molecule has 0 aliphatic rings. The standard InChI is InChI=1S/C15H12ClN3O2/c1-20-11-4-2-3-9(7-11)14-18-15(21-19-14)12-8-10(17)5-6-13(12)16/h2-8H,17H2,1H3. The average Bonchev–Trinajstić information content (AvgIpc) is 2.99. The number of ether oxygens (including phenoxy) is 1. The van der Waals surface area contributed by atoms with Gasteiger partial charge in [0.05, 0.1) is 17.7 Å². The van der Waals surface area contributed by atoms with Gasteiger partial charge >= 0.3 is 0 Å². The molecule has 106 valence electrons. The maximum Gasteiger partial charge on any atom is 0.259 e. The average molecular weight is 302 g/mol. The van der Waals surface area contributed by atoms with Gasteiger partial charge in [-0.05, 0) is 30.3 Å². The van der Waals surface area contributed by atoms with Gasteiger partial charge in [-0.1, -0.05) is 28.9 Å². The van der Waals surface area contributed by atoms with Crippen LogP contribution in [0.4, 0.5) is 5.69 Å². The molecule has 21 heavy (non-hydrogen) atoms. The third-order valence-electron chi connectivity index (χ3n) is 2.97. The number of halogens is 1. The zero-order chi connectivity index (χ0) is 14.8. The summed E-state index contributed by atoms with van der Waals surface area (Å²) < 4.78 is 10.5. The maximum atomic E-state index is 6.13. The molecule has 1 aromatic heterocycles. The molecule has 5 nitrogen and oxygen atoms in total. The summed E-state index contributed by atoms with van der Waals surface area (Å²) >= 11 is 6.13. The fourth-order valence-corrected chi connectivity index (χ4v) is 2.12. The summed E-state index contributed by atoms with van der Waals surface area (Å²) in [6.07, 6.45) is 0. The molecule has 0 amide bonds. The smallest absolute Gasteiger partial charge is 0.259 e. The largest absolute Gasteiger partial charge is 0.497 e. The summed E-state index contributed by atoms with van der Waals surface area (Å²) in [5.41, 5.74) is 7.74. The van der Waals surface area contributed by atoms with Crippen molar-refractivity contribution in [1.29, 1.82) is 0 Å². The van der Waals surface area contributed by atoms with E-state index in [0.717, 1.165) is 11.3 Å². The van der Waals surface area contributed by atoms with E-state index in [0.29, 0.717) is 28.0 Å². The number of nitrogens with two attached hydrogens (primary N) is 1. The van der Waals surface area contributed by atoms with Gasteiger partial charge in [-0.25, -0.2) is 0 Å². The Morgan fingerprint density at radius 1 is 1.19 bits per heavy atom. The summed E-state index contributed by atoms with van der Waals surface area (Å²) in [5.74, 6) is 1.51. The van der Waals surface area contributed by atoms with Crippen molar-refractivity contribution in [2.24, 2.45) is 0 Å². The molecule has 0 saturated heterocycles. The van der Waals surface area contributed by atoms with Crippen LogP contribution in [0.2, 0.25) is 5.02 Å². The second kappa shape index (κ2) is 5.46. The molecule has 3 aromatic rings. The molecule has 0 aliphatic carbocycles. The van der Waals surface area contributed by atoms with E-state index in [4.69, 9.17) is 26.6 Å². The molecule has 2 N–H and O–H groups in total. The van der Waals surface area contributed by atoms with E-state index in [1.54, 1.807) is 25.3 Å².